The first-order valence-electron chi connectivity index (χ1n) is 11.8. The maximum absolute atomic E-state index is 13.1. The summed E-state index contributed by atoms with van der Waals surface area (Å²) >= 11 is 12.4. The fourth-order valence-corrected chi connectivity index (χ4v) is 5.79. The highest BCUT2D eigenvalue weighted by Crippen LogP contribution is 2.34. The molecule has 0 aliphatic carbocycles. The smallest absolute Gasteiger partial charge is 0.257 e. The maximum Gasteiger partial charge on any atom is 0.257 e. The second kappa shape index (κ2) is 9.83. The first-order chi connectivity index (χ1) is 15.7. The van der Waals surface area contributed by atoms with E-state index in [2.05, 4.69) is 42.7 Å². The normalized spacial score (nSPS) is 22.8. The number of nitrogens with two attached hydrogens (primary N) is 1. The molecule has 0 aromatic heterocycles. The Morgan fingerprint density at radius 2 is 1.73 bits per heavy atom. The summed E-state index contributed by atoms with van der Waals surface area (Å²) in [6.07, 6.45) is 1.89. The second-order valence-electron chi connectivity index (χ2n) is 9.75. The van der Waals surface area contributed by atoms with Crippen LogP contribution >= 0.6 is 23.2 Å². The standard InChI is InChI=1S/C26H34Cl2N4O/c1-18-17-31(15-16-32(18)19(2)20-7-9-21(27)10-8-20)26(3)11-13-30(14-12-26)25(33)24-22(28)5-4-6-23(24)29/h4-10,18-19H,11-17,29H2,1-3H3/t18-,19-/m0/s1. The van der Waals surface area contributed by atoms with Gasteiger partial charge in [0.1, 0.15) is 0 Å². The molecule has 1 amide bonds. The molecule has 0 bridgehead atoms. The number of benzene rings is 2. The second-order valence-corrected chi connectivity index (χ2v) is 10.6. The Bertz CT molecular complexity index is 968. The van der Waals surface area contributed by atoms with E-state index in [0.717, 1.165) is 50.6 Å². The molecule has 0 unspecified atom stereocenters. The van der Waals surface area contributed by atoms with E-state index in [1.165, 1.54) is 5.56 Å². The van der Waals surface area contributed by atoms with Crippen LogP contribution in [0, 0.1) is 0 Å². The molecule has 0 saturated carbocycles. The molecule has 0 spiro atoms. The van der Waals surface area contributed by atoms with Gasteiger partial charge in [0.2, 0.25) is 0 Å². The lowest BCUT2D eigenvalue weighted by molar-refractivity contribution is -0.0277. The number of hydrogen-bond acceptors (Lipinski definition) is 4. The minimum atomic E-state index is -0.0601. The van der Waals surface area contributed by atoms with Crippen LogP contribution in [0.2, 0.25) is 10.0 Å². The Labute approximate surface area is 207 Å². The molecule has 2 aliphatic rings. The Kier molecular flexibility index (Phi) is 7.25. The van der Waals surface area contributed by atoms with Crippen molar-refractivity contribution in [1.82, 2.24) is 14.7 Å². The quantitative estimate of drug-likeness (QED) is 0.590. The number of nitrogens with zero attached hydrogens (tertiary/aromatic N) is 3. The predicted octanol–water partition coefficient (Wildman–Crippen LogP) is 5.34. The summed E-state index contributed by atoms with van der Waals surface area (Å²) in [5.74, 6) is -0.0601. The zero-order valence-corrected chi connectivity index (χ0v) is 21.2. The Balaban J connectivity index is 1.37. The molecule has 33 heavy (non-hydrogen) atoms. The predicted molar refractivity (Wildman–Crippen MR) is 137 cm³/mol. The molecule has 178 valence electrons. The van der Waals surface area contributed by atoms with Crippen LogP contribution in [0.15, 0.2) is 42.5 Å². The summed E-state index contributed by atoms with van der Waals surface area (Å²) in [7, 11) is 0. The maximum atomic E-state index is 13.1. The minimum absolute atomic E-state index is 0.0601. The van der Waals surface area contributed by atoms with Crippen LogP contribution in [0.25, 0.3) is 0 Å². The number of carbonyl (C=O) groups is 1. The summed E-state index contributed by atoms with van der Waals surface area (Å²) in [6, 6.07) is 14.2. The van der Waals surface area contributed by atoms with Crippen LogP contribution in [-0.4, -0.2) is 64.9 Å². The fraction of sp³-hybridized carbons (Fsp3) is 0.500. The van der Waals surface area contributed by atoms with Gasteiger partial charge in [-0.2, -0.15) is 0 Å². The SMILES string of the molecule is C[C@H]1CN(C2(C)CCN(C(=O)c3c(N)cccc3Cl)CC2)CCN1[C@@H](C)c1ccc(Cl)cc1. The van der Waals surface area contributed by atoms with E-state index in [1.807, 2.05) is 17.0 Å². The lowest BCUT2D eigenvalue weighted by Crippen LogP contribution is -2.62. The number of hydrogen-bond donors (Lipinski definition) is 1. The summed E-state index contributed by atoms with van der Waals surface area (Å²) in [6.45, 7) is 11.5. The van der Waals surface area contributed by atoms with Crippen molar-refractivity contribution in [2.45, 2.75) is 51.2 Å². The van der Waals surface area contributed by atoms with Crippen molar-refractivity contribution >= 4 is 34.8 Å². The van der Waals surface area contributed by atoms with Crippen molar-refractivity contribution < 1.29 is 4.79 Å². The van der Waals surface area contributed by atoms with E-state index in [-0.39, 0.29) is 11.4 Å². The number of piperazine rings is 1. The number of likely N-dealkylation sites (tertiary alicyclic amines) is 1. The molecule has 5 nitrogen and oxygen atoms in total. The minimum Gasteiger partial charge on any atom is -0.398 e. The topological polar surface area (TPSA) is 52.8 Å². The average Bonchev–Trinajstić information content (AvgIpc) is 2.79. The number of amides is 1. The van der Waals surface area contributed by atoms with Crippen LogP contribution in [0.4, 0.5) is 5.69 Å². The number of rotatable bonds is 4. The summed E-state index contributed by atoms with van der Waals surface area (Å²) in [4.78, 5) is 20.2. The van der Waals surface area contributed by atoms with Gasteiger partial charge in [-0.05, 0) is 63.4 Å². The van der Waals surface area contributed by atoms with Gasteiger partial charge in [0.25, 0.3) is 5.91 Å². The molecule has 2 heterocycles. The van der Waals surface area contributed by atoms with Gasteiger partial charge in [-0.25, -0.2) is 0 Å². The molecule has 7 heteroatoms. The Morgan fingerprint density at radius 3 is 2.33 bits per heavy atom. The monoisotopic (exact) mass is 488 g/mol. The fourth-order valence-electron chi connectivity index (χ4n) is 5.40. The highest BCUT2D eigenvalue weighted by atomic mass is 35.5. The highest BCUT2D eigenvalue weighted by Gasteiger charge is 2.40. The van der Waals surface area contributed by atoms with Crippen LogP contribution in [0.3, 0.4) is 0 Å². The van der Waals surface area contributed by atoms with Crippen molar-refractivity contribution in [3.63, 3.8) is 0 Å². The largest absolute Gasteiger partial charge is 0.398 e. The first-order valence-corrected chi connectivity index (χ1v) is 12.5. The van der Waals surface area contributed by atoms with Crippen molar-refractivity contribution in [2.75, 3.05) is 38.5 Å². The highest BCUT2D eigenvalue weighted by molar-refractivity contribution is 6.34. The van der Waals surface area contributed by atoms with Gasteiger partial charge < -0.3 is 10.6 Å². The van der Waals surface area contributed by atoms with Gasteiger partial charge in [0.05, 0.1) is 10.6 Å². The molecule has 2 atom stereocenters. The zero-order valence-electron chi connectivity index (χ0n) is 19.7. The van der Waals surface area contributed by atoms with Crippen molar-refractivity contribution in [3.8, 4) is 0 Å². The van der Waals surface area contributed by atoms with Crippen LogP contribution in [0.5, 0.6) is 0 Å². The molecule has 2 aliphatic heterocycles. The molecule has 2 fully saturated rings. The Hall–Kier alpha value is -1.79. The lowest BCUT2D eigenvalue weighted by atomic mass is 9.86. The molecular weight excluding hydrogens is 455 g/mol. The third-order valence-corrected chi connectivity index (χ3v) is 8.25. The summed E-state index contributed by atoms with van der Waals surface area (Å²) in [5, 5.41) is 1.20. The molecular formula is C26H34Cl2N4O. The molecule has 2 N–H and O–H groups in total. The van der Waals surface area contributed by atoms with Crippen molar-refractivity contribution in [1.29, 1.82) is 0 Å². The van der Waals surface area contributed by atoms with E-state index in [9.17, 15) is 4.79 Å². The first kappa shape index (κ1) is 24.3. The van der Waals surface area contributed by atoms with Crippen molar-refractivity contribution in [3.05, 3.63) is 63.6 Å². The van der Waals surface area contributed by atoms with Crippen LogP contribution in [0.1, 0.15) is 55.6 Å². The number of nitrogen functional groups attached to an aromatic ring is 1. The number of halogens is 2. The molecule has 2 aromatic carbocycles. The average molecular weight is 489 g/mol. The van der Waals surface area contributed by atoms with Crippen molar-refractivity contribution in [2.24, 2.45) is 0 Å². The zero-order chi connectivity index (χ0) is 23.8. The van der Waals surface area contributed by atoms with E-state index in [4.69, 9.17) is 28.9 Å². The van der Waals surface area contributed by atoms with Gasteiger partial charge in [-0.1, -0.05) is 41.4 Å². The van der Waals surface area contributed by atoms with E-state index >= 15 is 0 Å². The summed E-state index contributed by atoms with van der Waals surface area (Å²) < 4.78 is 0. The van der Waals surface area contributed by atoms with Gasteiger partial charge in [0, 0.05) is 61.1 Å². The third kappa shape index (κ3) is 5.02. The van der Waals surface area contributed by atoms with Gasteiger partial charge in [-0.15, -0.1) is 0 Å². The van der Waals surface area contributed by atoms with Crippen LogP contribution < -0.4 is 5.73 Å². The molecule has 0 radical (unpaired) electrons. The van der Waals surface area contributed by atoms with Gasteiger partial charge in [0.15, 0.2) is 0 Å². The Morgan fingerprint density at radius 1 is 1.06 bits per heavy atom. The molecule has 4 rings (SSSR count). The number of carbonyl (C=O) groups excluding carboxylic acids is 1. The lowest BCUT2D eigenvalue weighted by Gasteiger charge is -2.52. The molecule has 2 aromatic rings. The number of piperidine rings is 1. The van der Waals surface area contributed by atoms with Gasteiger partial charge in [-0.3, -0.25) is 14.6 Å². The number of anilines is 1. The van der Waals surface area contributed by atoms with Gasteiger partial charge >= 0.3 is 0 Å². The van der Waals surface area contributed by atoms with Crippen LogP contribution in [-0.2, 0) is 0 Å². The van der Waals surface area contributed by atoms with E-state index in [0.29, 0.717) is 28.4 Å². The van der Waals surface area contributed by atoms with E-state index < -0.39 is 0 Å². The third-order valence-electron chi connectivity index (χ3n) is 7.68. The summed E-state index contributed by atoms with van der Waals surface area (Å²) in [5.41, 5.74) is 8.32. The molecule has 2 saturated heterocycles. The van der Waals surface area contributed by atoms with E-state index in [1.54, 1.807) is 18.2 Å².